The Morgan fingerprint density at radius 1 is 1.20 bits per heavy atom. The molecule has 0 rings (SSSR count). The van der Waals surface area contributed by atoms with Gasteiger partial charge in [-0.15, -0.1) is 0 Å². The lowest BCUT2D eigenvalue weighted by Gasteiger charge is -1.94. The minimum Gasteiger partial charge on any atom is -0.392 e. The van der Waals surface area contributed by atoms with Crippen LogP contribution in [-0.2, 0) is 0 Å². The average molecular weight is 140 g/mol. The highest BCUT2D eigenvalue weighted by molar-refractivity contribution is 5.02. The molecule has 58 valence electrons. The summed E-state index contributed by atoms with van der Waals surface area (Å²) in [4.78, 5) is 0. The summed E-state index contributed by atoms with van der Waals surface area (Å²) in [5.74, 6) is 0.721. The van der Waals surface area contributed by atoms with Gasteiger partial charge in [0.05, 0.1) is 6.61 Å². The summed E-state index contributed by atoms with van der Waals surface area (Å²) < 4.78 is 0. The maximum atomic E-state index is 8.35. The zero-order valence-electron chi connectivity index (χ0n) is 6.75. The van der Waals surface area contributed by atoms with E-state index >= 15 is 0 Å². The molecule has 0 aliphatic rings. The average Bonchev–Trinajstić information content (AvgIpc) is 1.87. The van der Waals surface area contributed by atoms with Gasteiger partial charge in [-0.05, 0) is 12.3 Å². The third kappa shape index (κ3) is 7.44. The van der Waals surface area contributed by atoms with Crippen molar-refractivity contribution in [3.8, 4) is 0 Å². The zero-order valence-corrected chi connectivity index (χ0v) is 6.75. The molecule has 0 bridgehead atoms. The summed E-state index contributed by atoms with van der Waals surface area (Å²) in [6, 6.07) is 0. The van der Waals surface area contributed by atoms with Crippen LogP contribution in [0.2, 0.25) is 0 Å². The largest absolute Gasteiger partial charge is 0.392 e. The second-order valence-electron chi connectivity index (χ2n) is 2.67. The third-order valence-electron chi connectivity index (χ3n) is 1.10. The van der Waals surface area contributed by atoms with Crippen LogP contribution in [0.25, 0.3) is 0 Å². The molecule has 0 aromatic heterocycles. The van der Waals surface area contributed by atoms with E-state index in [1.54, 1.807) is 6.08 Å². The summed E-state index contributed by atoms with van der Waals surface area (Å²) >= 11 is 0. The van der Waals surface area contributed by atoms with Gasteiger partial charge in [-0.2, -0.15) is 0 Å². The molecular formula is C9H16O. The van der Waals surface area contributed by atoms with Crippen LogP contribution in [0.15, 0.2) is 24.3 Å². The molecule has 0 amide bonds. The van der Waals surface area contributed by atoms with Crippen LogP contribution in [0.1, 0.15) is 20.3 Å². The van der Waals surface area contributed by atoms with E-state index in [1.165, 1.54) is 0 Å². The Morgan fingerprint density at radius 2 is 1.80 bits per heavy atom. The lowest BCUT2D eigenvalue weighted by atomic mass is 10.1. The van der Waals surface area contributed by atoms with Crippen molar-refractivity contribution in [2.45, 2.75) is 20.3 Å². The Balaban J connectivity index is 3.28. The van der Waals surface area contributed by atoms with Crippen molar-refractivity contribution in [3.63, 3.8) is 0 Å². The first-order chi connectivity index (χ1) is 4.77. The normalized spacial score (nSPS) is 12.4. The Bertz CT molecular complexity index is 112. The standard InChI is InChI=1S/C9H16O/c1-9(2)7-5-3-4-6-8-10/h3-6,9-10H,7-8H2,1-2H3/b5-3+,6-4+. The van der Waals surface area contributed by atoms with Gasteiger partial charge in [0.25, 0.3) is 0 Å². The minimum absolute atomic E-state index is 0.131. The predicted octanol–water partition coefficient (Wildman–Crippen LogP) is 2.14. The van der Waals surface area contributed by atoms with Gasteiger partial charge >= 0.3 is 0 Å². The lowest BCUT2D eigenvalue weighted by Crippen LogP contribution is -1.80. The first-order valence-corrected chi connectivity index (χ1v) is 3.70. The van der Waals surface area contributed by atoms with Gasteiger partial charge < -0.3 is 5.11 Å². The topological polar surface area (TPSA) is 20.2 Å². The van der Waals surface area contributed by atoms with Gasteiger partial charge in [0, 0.05) is 0 Å². The summed E-state index contributed by atoms with van der Waals surface area (Å²) in [5, 5.41) is 8.35. The van der Waals surface area contributed by atoms with E-state index in [9.17, 15) is 0 Å². The molecule has 1 heteroatoms. The minimum atomic E-state index is 0.131. The number of hydrogen-bond donors (Lipinski definition) is 1. The quantitative estimate of drug-likeness (QED) is 0.593. The molecule has 0 aromatic rings. The van der Waals surface area contributed by atoms with E-state index in [0.717, 1.165) is 12.3 Å². The van der Waals surface area contributed by atoms with Crippen molar-refractivity contribution in [3.05, 3.63) is 24.3 Å². The summed E-state index contributed by atoms with van der Waals surface area (Å²) in [5.41, 5.74) is 0. The van der Waals surface area contributed by atoms with Gasteiger partial charge in [-0.25, -0.2) is 0 Å². The van der Waals surface area contributed by atoms with Crippen molar-refractivity contribution in [1.82, 2.24) is 0 Å². The van der Waals surface area contributed by atoms with E-state index in [1.807, 2.05) is 12.2 Å². The molecule has 10 heavy (non-hydrogen) atoms. The van der Waals surface area contributed by atoms with Crippen LogP contribution in [0.3, 0.4) is 0 Å². The highest BCUT2D eigenvalue weighted by Crippen LogP contribution is 1.99. The molecule has 0 unspecified atom stereocenters. The number of rotatable bonds is 4. The Labute approximate surface area is 63.1 Å². The molecule has 0 aliphatic heterocycles. The molecule has 1 nitrogen and oxygen atoms in total. The van der Waals surface area contributed by atoms with E-state index in [2.05, 4.69) is 19.9 Å². The predicted molar refractivity (Wildman–Crippen MR) is 44.8 cm³/mol. The summed E-state index contributed by atoms with van der Waals surface area (Å²) in [6.07, 6.45) is 8.77. The molecule has 0 spiro atoms. The zero-order chi connectivity index (χ0) is 7.82. The molecule has 0 saturated heterocycles. The maximum absolute atomic E-state index is 8.35. The van der Waals surface area contributed by atoms with Gasteiger partial charge in [0.15, 0.2) is 0 Å². The fourth-order valence-corrected chi connectivity index (χ4v) is 0.569. The summed E-state index contributed by atoms with van der Waals surface area (Å²) in [7, 11) is 0. The van der Waals surface area contributed by atoms with Crippen LogP contribution >= 0.6 is 0 Å². The van der Waals surface area contributed by atoms with Crippen LogP contribution in [-0.4, -0.2) is 11.7 Å². The molecule has 0 saturated carbocycles. The fourth-order valence-electron chi connectivity index (χ4n) is 0.569. The Kier molecular flexibility index (Phi) is 6.19. The van der Waals surface area contributed by atoms with Crippen LogP contribution in [0, 0.1) is 5.92 Å². The first kappa shape index (κ1) is 9.44. The van der Waals surface area contributed by atoms with Crippen molar-refractivity contribution < 1.29 is 5.11 Å². The highest BCUT2D eigenvalue weighted by Gasteiger charge is 1.84. The molecule has 1 N–H and O–H groups in total. The summed E-state index contributed by atoms with van der Waals surface area (Å²) in [6.45, 7) is 4.49. The van der Waals surface area contributed by atoms with E-state index < -0.39 is 0 Å². The lowest BCUT2D eigenvalue weighted by molar-refractivity contribution is 0.343. The van der Waals surface area contributed by atoms with Gasteiger partial charge in [0.1, 0.15) is 0 Å². The number of allylic oxidation sites excluding steroid dienone is 3. The number of aliphatic hydroxyl groups excluding tert-OH is 1. The van der Waals surface area contributed by atoms with E-state index in [-0.39, 0.29) is 6.61 Å². The SMILES string of the molecule is CC(C)C/C=C/C=C/CO. The Morgan fingerprint density at radius 3 is 2.30 bits per heavy atom. The smallest absolute Gasteiger partial charge is 0.0615 e. The molecule has 0 aliphatic carbocycles. The monoisotopic (exact) mass is 140 g/mol. The Hall–Kier alpha value is -0.560. The van der Waals surface area contributed by atoms with Gasteiger partial charge in [-0.3, -0.25) is 0 Å². The third-order valence-corrected chi connectivity index (χ3v) is 1.10. The van der Waals surface area contributed by atoms with Crippen LogP contribution in [0.5, 0.6) is 0 Å². The molecule has 0 atom stereocenters. The number of hydrogen-bond acceptors (Lipinski definition) is 1. The van der Waals surface area contributed by atoms with Crippen molar-refractivity contribution in [1.29, 1.82) is 0 Å². The second kappa shape index (κ2) is 6.56. The number of aliphatic hydroxyl groups is 1. The molecule has 0 heterocycles. The van der Waals surface area contributed by atoms with Crippen molar-refractivity contribution >= 4 is 0 Å². The molecular weight excluding hydrogens is 124 g/mol. The van der Waals surface area contributed by atoms with Crippen LogP contribution in [0.4, 0.5) is 0 Å². The fraction of sp³-hybridized carbons (Fsp3) is 0.556. The van der Waals surface area contributed by atoms with E-state index in [0.29, 0.717) is 0 Å². The van der Waals surface area contributed by atoms with Crippen LogP contribution < -0.4 is 0 Å². The van der Waals surface area contributed by atoms with E-state index in [4.69, 9.17) is 5.11 Å². The molecule has 0 fully saturated rings. The van der Waals surface area contributed by atoms with Gasteiger partial charge in [-0.1, -0.05) is 38.2 Å². The van der Waals surface area contributed by atoms with Crippen molar-refractivity contribution in [2.24, 2.45) is 5.92 Å². The highest BCUT2D eigenvalue weighted by atomic mass is 16.2. The van der Waals surface area contributed by atoms with Gasteiger partial charge in [0.2, 0.25) is 0 Å². The second-order valence-corrected chi connectivity index (χ2v) is 2.67. The maximum Gasteiger partial charge on any atom is 0.0615 e. The molecule has 0 aromatic carbocycles. The molecule has 0 radical (unpaired) electrons. The first-order valence-electron chi connectivity index (χ1n) is 3.70. The van der Waals surface area contributed by atoms with Crippen molar-refractivity contribution in [2.75, 3.05) is 6.61 Å².